The van der Waals surface area contributed by atoms with E-state index in [0.717, 1.165) is 10.2 Å². The van der Waals surface area contributed by atoms with E-state index in [-0.39, 0.29) is 12.0 Å². The summed E-state index contributed by atoms with van der Waals surface area (Å²) in [6.07, 6.45) is 4.69. The number of pyridine rings is 1. The lowest BCUT2D eigenvalue weighted by atomic mass is 10.1. The van der Waals surface area contributed by atoms with Crippen molar-refractivity contribution in [2.45, 2.75) is 13.3 Å². The second-order valence-corrected chi connectivity index (χ2v) is 6.84. The highest BCUT2D eigenvalue weighted by Gasteiger charge is 2.10. The van der Waals surface area contributed by atoms with Gasteiger partial charge in [0.2, 0.25) is 0 Å². The van der Waals surface area contributed by atoms with Gasteiger partial charge in [-0.3, -0.25) is 9.78 Å². The number of allylic oxidation sites excluding steroid dienone is 3. The summed E-state index contributed by atoms with van der Waals surface area (Å²) in [7, 11) is 0. The smallest absolute Gasteiger partial charge is 0.335 e. The number of carboxylic acid groups (broad SMARTS) is 2. The lowest BCUT2D eigenvalue weighted by molar-refractivity contribution is -0.136. The number of carboxylic acids is 2. The number of fused-ring (bicyclic) bond motifs is 1. The first-order valence-electron chi connectivity index (χ1n) is 8.10. The van der Waals surface area contributed by atoms with Crippen molar-refractivity contribution in [1.29, 1.82) is 0 Å². The lowest BCUT2D eigenvalue weighted by Crippen LogP contribution is -1.98. The Hall–Kier alpha value is -3.32. The molecule has 0 aliphatic rings. The van der Waals surface area contributed by atoms with Crippen molar-refractivity contribution in [1.82, 2.24) is 9.97 Å². The van der Waals surface area contributed by atoms with E-state index in [4.69, 9.17) is 10.2 Å². The molecule has 0 aliphatic carbocycles. The van der Waals surface area contributed by atoms with Gasteiger partial charge in [0.25, 0.3) is 0 Å². The van der Waals surface area contributed by atoms with Gasteiger partial charge in [-0.25, -0.2) is 9.78 Å². The van der Waals surface area contributed by atoms with Gasteiger partial charge in [-0.15, -0.1) is 11.3 Å². The molecule has 6 nitrogen and oxygen atoms in total. The fourth-order valence-electron chi connectivity index (χ4n) is 2.49. The Balaban J connectivity index is 2.04. The molecule has 3 rings (SSSR count). The zero-order valence-corrected chi connectivity index (χ0v) is 15.2. The van der Waals surface area contributed by atoms with Crippen LogP contribution in [0.25, 0.3) is 21.4 Å². The molecule has 0 bridgehead atoms. The van der Waals surface area contributed by atoms with E-state index in [1.165, 1.54) is 29.7 Å². The normalized spacial score (nSPS) is 12.3. The number of rotatable bonds is 6. The summed E-state index contributed by atoms with van der Waals surface area (Å²) in [5.74, 6) is -1.97. The molecule has 27 heavy (non-hydrogen) atoms. The molecule has 0 atom stereocenters. The monoisotopic (exact) mass is 380 g/mol. The predicted molar refractivity (Wildman–Crippen MR) is 105 cm³/mol. The molecular formula is C20H16N2O4S. The van der Waals surface area contributed by atoms with Gasteiger partial charge < -0.3 is 10.2 Å². The summed E-state index contributed by atoms with van der Waals surface area (Å²) in [5.41, 5.74) is 2.88. The van der Waals surface area contributed by atoms with Gasteiger partial charge in [0.1, 0.15) is 5.01 Å². The third-order valence-electron chi connectivity index (χ3n) is 3.82. The Kier molecular flexibility index (Phi) is 5.42. The Morgan fingerprint density at radius 2 is 1.96 bits per heavy atom. The van der Waals surface area contributed by atoms with E-state index in [0.29, 0.717) is 21.8 Å². The van der Waals surface area contributed by atoms with E-state index in [1.54, 1.807) is 19.1 Å². The number of benzene rings is 1. The first kappa shape index (κ1) is 18.5. The van der Waals surface area contributed by atoms with Crippen molar-refractivity contribution in [2.75, 3.05) is 0 Å². The summed E-state index contributed by atoms with van der Waals surface area (Å²) in [6, 6.07) is 10.6. The average Bonchev–Trinajstić information content (AvgIpc) is 3.08. The quantitative estimate of drug-likeness (QED) is 0.617. The molecule has 0 amide bonds. The molecule has 0 unspecified atom stereocenters. The van der Waals surface area contributed by atoms with Crippen LogP contribution in [-0.2, 0) is 4.79 Å². The summed E-state index contributed by atoms with van der Waals surface area (Å²) in [5, 5.41) is 18.9. The van der Waals surface area contributed by atoms with E-state index in [1.807, 2.05) is 24.3 Å². The Morgan fingerprint density at radius 3 is 2.67 bits per heavy atom. The molecular weight excluding hydrogens is 364 g/mol. The van der Waals surface area contributed by atoms with Crippen molar-refractivity contribution in [3.8, 4) is 0 Å². The largest absolute Gasteiger partial charge is 0.481 e. The van der Waals surface area contributed by atoms with Crippen LogP contribution < -0.4 is 0 Å². The maximum Gasteiger partial charge on any atom is 0.335 e. The first-order valence-corrected chi connectivity index (χ1v) is 8.91. The Morgan fingerprint density at radius 1 is 1.19 bits per heavy atom. The maximum absolute atomic E-state index is 11.2. The summed E-state index contributed by atoms with van der Waals surface area (Å²) < 4.78 is 1.01. The number of nitrogens with zero attached hydrogens (tertiary/aromatic N) is 2. The fourth-order valence-corrected chi connectivity index (χ4v) is 3.46. The minimum absolute atomic E-state index is 0.141. The molecule has 2 heterocycles. The van der Waals surface area contributed by atoms with Gasteiger partial charge in [-0.05, 0) is 42.8 Å². The van der Waals surface area contributed by atoms with Crippen LogP contribution in [0.5, 0.6) is 0 Å². The second kappa shape index (κ2) is 7.92. The fraction of sp³-hybridized carbons (Fsp3) is 0.100. The van der Waals surface area contributed by atoms with Gasteiger partial charge >= 0.3 is 11.9 Å². The third-order valence-corrected chi connectivity index (χ3v) is 4.91. The Bertz CT molecular complexity index is 1050. The van der Waals surface area contributed by atoms with Crippen LogP contribution in [0.1, 0.15) is 34.4 Å². The lowest BCUT2D eigenvalue weighted by Gasteiger charge is -2.04. The van der Waals surface area contributed by atoms with Crippen LogP contribution >= 0.6 is 11.3 Å². The van der Waals surface area contributed by atoms with Crippen molar-refractivity contribution >= 4 is 44.6 Å². The maximum atomic E-state index is 11.2. The minimum atomic E-state index is -1.03. The summed E-state index contributed by atoms with van der Waals surface area (Å²) in [6.45, 7) is 1.80. The first-order chi connectivity index (χ1) is 12.9. The molecule has 0 fully saturated rings. The summed E-state index contributed by atoms with van der Waals surface area (Å²) >= 11 is 1.47. The molecule has 1 aromatic carbocycles. The molecule has 0 radical (unpaired) electrons. The van der Waals surface area contributed by atoms with E-state index in [9.17, 15) is 9.59 Å². The number of aromatic nitrogens is 2. The van der Waals surface area contributed by atoms with E-state index >= 15 is 0 Å². The number of hydrogen-bond acceptors (Lipinski definition) is 5. The predicted octanol–water partition coefficient (Wildman–Crippen LogP) is 4.35. The number of carbonyl (C=O) groups is 2. The number of aliphatic carboxylic acids is 1. The topological polar surface area (TPSA) is 100 Å². The van der Waals surface area contributed by atoms with Crippen LogP contribution in [0, 0.1) is 0 Å². The van der Waals surface area contributed by atoms with E-state index in [2.05, 4.69) is 9.97 Å². The van der Waals surface area contributed by atoms with Gasteiger partial charge in [0.05, 0.1) is 27.9 Å². The van der Waals surface area contributed by atoms with Crippen LogP contribution in [0.2, 0.25) is 0 Å². The average molecular weight is 380 g/mol. The minimum Gasteiger partial charge on any atom is -0.481 e. The van der Waals surface area contributed by atoms with Crippen molar-refractivity contribution in [3.05, 3.63) is 71.0 Å². The zero-order valence-electron chi connectivity index (χ0n) is 14.4. The number of hydrogen-bond donors (Lipinski definition) is 2. The molecule has 0 spiro atoms. The van der Waals surface area contributed by atoms with Gasteiger partial charge in [0.15, 0.2) is 0 Å². The van der Waals surface area contributed by atoms with Crippen LogP contribution in [-0.4, -0.2) is 32.1 Å². The molecule has 2 N–H and O–H groups in total. The van der Waals surface area contributed by atoms with Crippen molar-refractivity contribution < 1.29 is 19.8 Å². The number of thiazole rings is 1. The van der Waals surface area contributed by atoms with Crippen molar-refractivity contribution in [2.24, 2.45) is 0 Å². The molecule has 7 heteroatoms. The highest BCUT2D eigenvalue weighted by molar-refractivity contribution is 7.19. The molecule has 136 valence electrons. The van der Waals surface area contributed by atoms with Crippen LogP contribution in [0.15, 0.2) is 54.7 Å². The number of para-hydroxylation sites is 1. The van der Waals surface area contributed by atoms with Gasteiger partial charge in [-0.1, -0.05) is 18.2 Å². The SMILES string of the molecule is C/C(=C\C(=C/CC(=O)O)c1nc2ccccc2s1)c1cc(C(=O)O)ccn1. The van der Waals surface area contributed by atoms with Gasteiger partial charge in [0, 0.05) is 11.8 Å². The van der Waals surface area contributed by atoms with Crippen molar-refractivity contribution in [3.63, 3.8) is 0 Å². The molecule has 0 saturated carbocycles. The second-order valence-electron chi connectivity index (χ2n) is 5.81. The standard InChI is InChI=1S/C20H16N2O4S/c1-12(16-11-14(20(25)26)8-9-21-16)10-13(6-7-18(23)24)19-22-15-4-2-3-5-17(15)27-19/h2-6,8-11H,7H2,1H3,(H,23,24)(H,25,26)/b12-10+,13-6+. The van der Waals surface area contributed by atoms with Crippen LogP contribution in [0.4, 0.5) is 0 Å². The molecule has 2 aromatic heterocycles. The van der Waals surface area contributed by atoms with Crippen LogP contribution in [0.3, 0.4) is 0 Å². The number of aromatic carboxylic acids is 1. The molecule has 0 saturated heterocycles. The third kappa shape index (κ3) is 4.45. The highest BCUT2D eigenvalue weighted by Crippen LogP contribution is 2.30. The molecule has 0 aliphatic heterocycles. The highest BCUT2D eigenvalue weighted by atomic mass is 32.1. The molecule has 3 aromatic rings. The van der Waals surface area contributed by atoms with Gasteiger partial charge in [-0.2, -0.15) is 0 Å². The summed E-state index contributed by atoms with van der Waals surface area (Å²) in [4.78, 5) is 31.0. The Labute approximate surface area is 159 Å². The van der Waals surface area contributed by atoms with E-state index < -0.39 is 11.9 Å². The zero-order chi connectivity index (χ0) is 19.4.